The monoisotopic (exact) mass is 144 g/mol. The molecule has 3 heteroatoms. The average molecular weight is 144 g/mol. The minimum absolute atomic E-state index is 0.162. The van der Waals surface area contributed by atoms with Crippen LogP contribution in [0.4, 0.5) is 4.39 Å². The zero-order valence-corrected chi connectivity index (χ0v) is 5.40. The van der Waals surface area contributed by atoms with Crippen molar-refractivity contribution in [2.75, 3.05) is 0 Å². The van der Waals surface area contributed by atoms with Gasteiger partial charge in [-0.3, -0.25) is 0 Å². The van der Waals surface area contributed by atoms with Crippen molar-refractivity contribution in [3.8, 4) is 5.75 Å². The van der Waals surface area contributed by atoms with Gasteiger partial charge in [-0.15, -0.1) is 12.6 Å². The van der Waals surface area contributed by atoms with Crippen molar-refractivity contribution in [2.45, 2.75) is 4.90 Å². The highest BCUT2D eigenvalue weighted by molar-refractivity contribution is 7.80. The van der Waals surface area contributed by atoms with Gasteiger partial charge in [0.25, 0.3) is 0 Å². The standard InChI is InChI=1S/C6H5FOS/c7-6-4(8)2-1-3-5(6)9/h1-3,8-9H. The second-order valence-corrected chi connectivity index (χ2v) is 2.09. The van der Waals surface area contributed by atoms with Crippen molar-refractivity contribution < 1.29 is 9.50 Å². The number of halogens is 1. The van der Waals surface area contributed by atoms with Gasteiger partial charge in [-0.2, -0.15) is 0 Å². The second kappa shape index (κ2) is 2.27. The van der Waals surface area contributed by atoms with Crippen LogP contribution in [0.25, 0.3) is 0 Å². The zero-order chi connectivity index (χ0) is 6.85. The van der Waals surface area contributed by atoms with E-state index in [1.807, 2.05) is 0 Å². The molecule has 9 heavy (non-hydrogen) atoms. The van der Waals surface area contributed by atoms with Gasteiger partial charge in [-0.05, 0) is 12.1 Å². The third-order valence-corrected chi connectivity index (χ3v) is 1.30. The molecule has 48 valence electrons. The molecule has 0 amide bonds. The summed E-state index contributed by atoms with van der Waals surface area (Å²) in [7, 11) is 0. The number of hydrogen-bond acceptors (Lipinski definition) is 2. The Bertz CT molecular complexity index is 204. The normalized spacial score (nSPS) is 9.56. The Morgan fingerprint density at radius 3 is 2.56 bits per heavy atom. The third kappa shape index (κ3) is 1.16. The van der Waals surface area contributed by atoms with Gasteiger partial charge in [0, 0.05) is 4.90 Å². The van der Waals surface area contributed by atoms with E-state index in [0.29, 0.717) is 0 Å². The predicted molar refractivity (Wildman–Crippen MR) is 35.3 cm³/mol. The quantitative estimate of drug-likeness (QED) is 0.532. The minimum Gasteiger partial charge on any atom is -0.505 e. The molecule has 1 rings (SSSR count). The molecule has 0 fully saturated rings. The van der Waals surface area contributed by atoms with Crippen molar-refractivity contribution in [1.29, 1.82) is 0 Å². The number of hydrogen-bond donors (Lipinski definition) is 2. The van der Waals surface area contributed by atoms with Crippen molar-refractivity contribution in [3.63, 3.8) is 0 Å². The third-order valence-electron chi connectivity index (χ3n) is 0.958. The highest BCUT2D eigenvalue weighted by Gasteiger charge is 2.00. The first-order valence-corrected chi connectivity index (χ1v) is 2.83. The lowest BCUT2D eigenvalue weighted by Crippen LogP contribution is -1.76. The summed E-state index contributed by atoms with van der Waals surface area (Å²) < 4.78 is 12.4. The molecule has 0 aliphatic heterocycles. The molecule has 0 atom stereocenters. The molecule has 0 heterocycles. The van der Waals surface area contributed by atoms with Crippen LogP contribution in [0.3, 0.4) is 0 Å². The van der Waals surface area contributed by atoms with E-state index >= 15 is 0 Å². The summed E-state index contributed by atoms with van der Waals surface area (Å²) in [4.78, 5) is 0.162. The predicted octanol–water partition coefficient (Wildman–Crippen LogP) is 1.82. The maximum absolute atomic E-state index is 12.4. The van der Waals surface area contributed by atoms with Crippen molar-refractivity contribution >= 4 is 12.6 Å². The van der Waals surface area contributed by atoms with E-state index in [0.717, 1.165) is 0 Å². The van der Waals surface area contributed by atoms with E-state index in [2.05, 4.69) is 12.6 Å². The molecule has 1 aromatic carbocycles. The average Bonchev–Trinajstić information content (AvgIpc) is 1.83. The highest BCUT2D eigenvalue weighted by atomic mass is 32.1. The molecule has 0 unspecified atom stereocenters. The van der Waals surface area contributed by atoms with Crippen molar-refractivity contribution in [2.24, 2.45) is 0 Å². The molecule has 1 aromatic rings. The lowest BCUT2D eigenvalue weighted by Gasteiger charge is -1.94. The first-order chi connectivity index (χ1) is 4.22. The van der Waals surface area contributed by atoms with E-state index in [9.17, 15) is 4.39 Å². The van der Waals surface area contributed by atoms with Crippen LogP contribution in [0.5, 0.6) is 5.75 Å². The first kappa shape index (κ1) is 6.42. The highest BCUT2D eigenvalue weighted by Crippen LogP contribution is 2.20. The number of thiol groups is 1. The fraction of sp³-hybridized carbons (Fsp3) is 0. The Hall–Kier alpha value is -0.700. The maximum atomic E-state index is 12.4. The topological polar surface area (TPSA) is 20.2 Å². The molecule has 0 aliphatic rings. The first-order valence-electron chi connectivity index (χ1n) is 2.38. The molecule has 0 radical (unpaired) electrons. The molecular weight excluding hydrogens is 139 g/mol. The molecule has 0 saturated carbocycles. The van der Waals surface area contributed by atoms with Gasteiger partial charge in [0.1, 0.15) is 0 Å². The van der Waals surface area contributed by atoms with Crippen LogP contribution < -0.4 is 0 Å². The van der Waals surface area contributed by atoms with Crippen LogP contribution in [0.15, 0.2) is 23.1 Å². The minimum atomic E-state index is -0.666. The Morgan fingerprint density at radius 2 is 2.11 bits per heavy atom. The molecule has 0 bridgehead atoms. The number of phenols is 1. The lowest BCUT2D eigenvalue weighted by molar-refractivity contribution is 0.425. The number of rotatable bonds is 0. The number of benzene rings is 1. The summed E-state index contributed by atoms with van der Waals surface area (Å²) in [6.07, 6.45) is 0. The van der Waals surface area contributed by atoms with E-state index in [1.165, 1.54) is 18.2 Å². The molecule has 0 aliphatic carbocycles. The Labute approximate surface area is 57.5 Å². The Balaban J connectivity index is 3.25. The maximum Gasteiger partial charge on any atom is 0.178 e. The van der Waals surface area contributed by atoms with E-state index in [4.69, 9.17) is 5.11 Å². The molecule has 1 N–H and O–H groups in total. The summed E-state index contributed by atoms with van der Waals surface area (Å²) in [6, 6.07) is 4.27. The van der Waals surface area contributed by atoms with Crippen LogP contribution in [-0.4, -0.2) is 5.11 Å². The number of aromatic hydroxyl groups is 1. The van der Waals surface area contributed by atoms with E-state index in [1.54, 1.807) is 0 Å². The summed E-state index contributed by atoms with van der Waals surface area (Å²) in [5.41, 5.74) is 0. The van der Waals surface area contributed by atoms with Gasteiger partial charge in [-0.1, -0.05) is 6.07 Å². The summed E-state index contributed by atoms with van der Waals surface area (Å²) in [6.45, 7) is 0. The largest absolute Gasteiger partial charge is 0.505 e. The SMILES string of the molecule is Oc1cccc(S)c1F. The summed E-state index contributed by atoms with van der Waals surface area (Å²) >= 11 is 3.73. The van der Waals surface area contributed by atoms with Crippen LogP contribution in [0.2, 0.25) is 0 Å². The van der Waals surface area contributed by atoms with Crippen LogP contribution in [0.1, 0.15) is 0 Å². The van der Waals surface area contributed by atoms with Gasteiger partial charge in [0.2, 0.25) is 0 Å². The molecule has 0 aromatic heterocycles. The fourth-order valence-corrected chi connectivity index (χ4v) is 0.709. The smallest absolute Gasteiger partial charge is 0.178 e. The lowest BCUT2D eigenvalue weighted by atomic mass is 10.3. The van der Waals surface area contributed by atoms with E-state index in [-0.39, 0.29) is 10.6 Å². The van der Waals surface area contributed by atoms with Gasteiger partial charge in [-0.25, -0.2) is 4.39 Å². The van der Waals surface area contributed by atoms with Gasteiger partial charge < -0.3 is 5.11 Å². The number of phenolic OH excluding ortho intramolecular Hbond substituents is 1. The van der Waals surface area contributed by atoms with Crippen molar-refractivity contribution in [3.05, 3.63) is 24.0 Å². The Morgan fingerprint density at radius 1 is 1.44 bits per heavy atom. The summed E-state index contributed by atoms with van der Waals surface area (Å²) in [5.74, 6) is -1.02. The van der Waals surface area contributed by atoms with Crippen LogP contribution >= 0.6 is 12.6 Å². The van der Waals surface area contributed by atoms with Crippen LogP contribution in [0, 0.1) is 5.82 Å². The Kier molecular flexibility index (Phi) is 1.62. The summed E-state index contributed by atoms with van der Waals surface area (Å²) in [5, 5.41) is 8.68. The molecule has 0 saturated heterocycles. The molecule has 0 spiro atoms. The molecule has 1 nitrogen and oxygen atoms in total. The van der Waals surface area contributed by atoms with Gasteiger partial charge in [0.15, 0.2) is 11.6 Å². The second-order valence-electron chi connectivity index (χ2n) is 1.61. The van der Waals surface area contributed by atoms with Crippen LogP contribution in [-0.2, 0) is 0 Å². The van der Waals surface area contributed by atoms with Gasteiger partial charge in [0.05, 0.1) is 0 Å². The molecular formula is C6H5FOS. The zero-order valence-electron chi connectivity index (χ0n) is 4.50. The van der Waals surface area contributed by atoms with Crippen molar-refractivity contribution in [1.82, 2.24) is 0 Å². The fourth-order valence-electron chi connectivity index (χ4n) is 0.508. The van der Waals surface area contributed by atoms with Gasteiger partial charge >= 0.3 is 0 Å². The van der Waals surface area contributed by atoms with E-state index < -0.39 is 5.82 Å².